The van der Waals surface area contributed by atoms with Gasteiger partial charge in [0.25, 0.3) is 0 Å². The first kappa shape index (κ1) is 15.3. The molecule has 0 bridgehead atoms. The Morgan fingerprint density at radius 3 is 2.50 bits per heavy atom. The summed E-state index contributed by atoms with van der Waals surface area (Å²) in [7, 11) is -3.57. The van der Waals surface area contributed by atoms with Crippen molar-refractivity contribution in [2.45, 2.75) is 24.8 Å². The second-order valence-corrected chi connectivity index (χ2v) is 7.15. The van der Waals surface area contributed by atoms with E-state index in [2.05, 4.69) is 0 Å². The van der Waals surface area contributed by atoms with Gasteiger partial charge in [-0.1, -0.05) is 17.7 Å². The number of halogens is 1. The Morgan fingerprint density at radius 2 is 1.95 bits per heavy atom. The molecule has 5 nitrogen and oxygen atoms in total. The third-order valence-corrected chi connectivity index (χ3v) is 5.44. The van der Waals surface area contributed by atoms with E-state index in [9.17, 15) is 13.2 Å². The predicted molar refractivity (Wildman–Crippen MR) is 77.0 cm³/mol. The SMILES string of the molecule is Cc1ccc(S(=O)(=O)N2C[C@H](C)N(C(=O)CCl)C2)cc1. The van der Waals surface area contributed by atoms with E-state index >= 15 is 0 Å². The highest BCUT2D eigenvalue weighted by Crippen LogP contribution is 2.23. The summed E-state index contributed by atoms with van der Waals surface area (Å²) >= 11 is 5.53. The number of carbonyl (C=O) groups is 1. The molecule has 1 aliphatic rings. The van der Waals surface area contributed by atoms with E-state index in [1.165, 1.54) is 9.21 Å². The van der Waals surface area contributed by atoms with Crippen LogP contribution in [0.1, 0.15) is 12.5 Å². The highest BCUT2D eigenvalue weighted by atomic mass is 35.5. The average Bonchev–Trinajstić information content (AvgIpc) is 2.81. The fourth-order valence-corrected chi connectivity index (χ4v) is 3.82. The molecule has 1 atom stereocenters. The fraction of sp³-hybridized carbons (Fsp3) is 0.462. The quantitative estimate of drug-likeness (QED) is 0.792. The molecule has 0 aromatic heterocycles. The van der Waals surface area contributed by atoms with Crippen LogP contribution in [-0.2, 0) is 14.8 Å². The smallest absolute Gasteiger partial charge is 0.244 e. The van der Waals surface area contributed by atoms with Crippen molar-refractivity contribution in [3.63, 3.8) is 0 Å². The van der Waals surface area contributed by atoms with Crippen molar-refractivity contribution in [3.05, 3.63) is 29.8 Å². The van der Waals surface area contributed by atoms with E-state index in [4.69, 9.17) is 11.6 Å². The number of hydrogen-bond donors (Lipinski definition) is 0. The summed E-state index contributed by atoms with van der Waals surface area (Å²) < 4.78 is 26.3. The average molecular weight is 317 g/mol. The molecule has 1 aromatic carbocycles. The molecule has 0 radical (unpaired) electrons. The minimum absolute atomic E-state index is 0.0585. The van der Waals surface area contributed by atoms with Crippen LogP contribution in [-0.4, -0.2) is 48.7 Å². The normalized spacial score (nSPS) is 20.4. The maximum atomic E-state index is 12.5. The monoisotopic (exact) mass is 316 g/mol. The predicted octanol–water partition coefficient (Wildman–Crippen LogP) is 1.41. The second kappa shape index (κ2) is 5.71. The summed E-state index contributed by atoms with van der Waals surface area (Å²) in [6.07, 6.45) is 0. The van der Waals surface area contributed by atoms with Crippen LogP contribution in [0.3, 0.4) is 0 Å². The van der Waals surface area contributed by atoms with Gasteiger partial charge in [-0.25, -0.2) is 8.42 Å². The number of hydrogen-bond acceptors (Lipinski definition) is 3. The van der Waals surface area contributed by atoms with Crippen LogP contribution < -0.4 is 0 Å². The molecule has 1 aliphatic heterocycles. The Labute approximate surface area is 124 Å². The molecule has 1 aromatic rings. The highest BCUT2D eigenvalue weighted by Gasteiger charge is 2.37. The Morgan fingerprint density at radius 1 is 1.35 bits per heavy atom. The van der Waals surface area contributed by atoms with Gasteiger partial charge in [0.1, 0.15) is 5.88 Å². The zero-order valence-corrected chi connectivity index (χ0v) is 13.0. The van der Waals surface area contributed by atoms with E-state index in [1.807, 2.05) is 13.8 Å². The number of amides is 1. The number of aryl methyl sites for hydroxylation is 1. The zero-order chi connectivity index (χ0) is 14.9. The lowest BCUT2D eigenvalue weighted by atomic mass is 10.2. The van der Waals surface area contributed by atoms with Crippen molar-refractivity contribution in [1.82, 2.24) is 9.21 Å². The Kier molecular flexibility index (Phi) is 4.36. The Hall–Kier alpha value is -1.11. The number of carbonyl (C=O) groups excluding carboxylic acids is 1. The number of nitrogens with zero attached hydrogens (tertiary/aromatic N) is 2. The van der Waals surface area contributed by atoms with Gasteiger partial charge in [0, 0.05) is 12.6 Å². The van der Waals surface area contributed by atoms with E-state index in [0.29, 0.717) is 6.54 Å². The molecule has 1 fully saturated rings. The molecule has 1 heterocycles. The minimum Gasteiger partial charge on any atom is -0.324 e. The molecular formula is C13H17ClN2O3S. The lowest BCUT2D eigenvalue weighted by Crippen LogP contribution is -2.36. The van der Waals surface area contributed by atoms with Gasteiger partial charge in [-0.2, -0.15) is 4.31 Å². The summed E-state index contributed by atoms with van der Waals surface area (Å²) in [6, 6.07) is 6.52. The van der Waals surface area contributed by atoms with Crippen molar-refractivity contribution in [2.24, 2.45) is 0 Å². The molecule has 0 unspecified atom stereocenters. The first-order valence-corrected chi connectivity index (χ1v) is 8.26. The van der Waals surface area contributed by atoms with Gasteiger partial charge >= 0.3 is 0 Å². The van der Waals surface area contributed by atoms with Crippen molar-refractivity contribution in [1.29, 1.82) is 0 Å². The first-order chi connectivity index (χ1) is 9.36. The minimum atomic E-state index is -3.57. The molecule has 110 valence electrons. The fourth-order valence-electron chi connectivity index (χ4n) is 2.20. The summed E-state index contributed by atoms with van der Waals surface area (Å²) in [5.74, 6) is -0.385. The van der Waals surface area contributed by atoms with Gasteiger partial charge in [0.2, 0.25) is 15.9 Å². The van der Waals surface area contributed by atoms with Crippen LogP contribution in [0.25, 0.3) is 0 Å². The van der Waals surface area contributed by atoms with Gasteiger partial charge in [-0.3, -0.25) is 4.79 Å². The largest absolute Gasteiger partial charge is 0.324 e. The maximum absolute atomic E-state index is 12.5. The van der Waals surface area contributed by atoms with Crippen LogP contribution in [0, 0.1) is 6.92 Å². The highest BCUT2D eigenvalue weighted by molar-refractivity contribution is 7.89. The van der Waals surface area contributed by atoms with E-state index < -0.39 is 10.0 Å². The molecule has 1 amide bonds. The van der Waals surface area contributed by atoms with Crippen molar-refractivity contribution >= 4 is 27.5 Å². The molecule has 7 heteroatoms. The van der Waals surface area contributed by atoms with Gasteiger partial charge < -0.3 is 4.90 Å². The molecule has 0 spiro atoms. The van der Waals surface area contributed by atoms with Gasteiger partial charge in [-0.05, 0) is 26.0 Å². The molecule has 2 rings (SSSR count). The van der Waals surface area contributed by atoms with Crippen molar-refractivity contribution in [3.8, 4) is 0 Å². The van der Waals surface area contributed by atoms with Crippen LogP contribution >= 0.6 is 11.6 Å². The molecule has 0 saturated carbocycles. The van der Waals surface area contributed by atoms with Gasteiger partial charge in [-0.15, -0.1) is 11.6 Å². The third-order valence-electron chi connectivity index (χ3n) is 3.40. The van der Waals surface area contributed by atoms with E-state index in [1.54, 1.807) is 24.3 Å². The molecule has 0 aliphatic carbocycles. The molecule has 0 N–H and O–H groups in total. The number of rotatable bonds is 3. The Balaban J connectivity index is 2.24. The van der Waals surface area contributed by atoms with Crippen LogP contribution in [0.4, 0.5) is 0 Å². The summed E-state index contributed by atoms with van der Waals surface area (Å²) in [5, 5.41) is 0. The van der Waals surface area contributed by atoms with Crippen LogP contribution in [0.15, 0.2) is 29.2 Å². The van der Waals surface area contributed by atoms with E-state index in [0.717, 1.165) is 5.56 Å². The topological polar surface area (TPSA) is 57.7 Å². The van der Waals surface area contributed by atoms with Crippen molar-refractivity contribution in [2.75, 3.05) is 19.1 Å². The number of alkyl halides is 1. The second-order valence-electron chi connectivity index (χ2n) is 4.94. The number of benzene rings is 1. The van der Waals surface area contributed by atoms with Gasteiger partial charge in [0.15, 0.2) is 0 Å². The van der Waals surface area contributed by atoms with E-state index in [-0.39, 0.29) is 29.4 Å². The standard InChI is InChI=1S/C13H17ClN2O3S/c1-10-3-5-12(6-4-10)20(18,19)15-8-11(2)16(9-15)13(17)7-14/h3-6,11H,7-9H2,1-2H3/t11-/m0/s1. The Bertz CT molecular complexity index is 601. The number of sulfonamides is 1. The zero-order valence-electron chi connectivity index (χ0n) is 11.4. The van der Waals surface area contributed by atoms with Crippen molar-refractivity contribution < 1.29 is 13.2 Å². The van der Waals surface area contributed by atoms with Gasteiger partial charge in [0.05, 0.1) is 11.6 Å². The molecule has 20 heavy (non-hydrogen) atoms. The summed E-state index contributed by atoms with van der Waals surface area (Å²) in [4.78, 5) is 13.4. The summed E-state index contributed by atoms with van der Waals surface area (Å²) in [5.41, 5.74) is 0.998. The molecule has 1 saturated heterocycles. The first-order valence-electron chi connectivity index (χ1n) is 6.28. The molecular weight excluding hydrogens is 300 g/mol. The summed E-state index contributed by atoms with van der Waals surface area (Å²) in [6.45, 7) is 4.06. The lowest BCUT2D eigenvalue weighted by molar-refractivity contribution is -0.129. The lowest BCUT2D eigenvalue weighted by Gasteiger charge is -2.19. The van der Waals surface area contributed by atoms with Crippen LogP contribution in [0.2, 0.25) is 0 Å². The maximum Gasteiger partial charge on any atom is 0.244 e. The third kappa shape index (κ3) is 2.82. The van der Waals surface area contributed by atoms with Crippen LogP contribution in [0.5, 0.6) is 0 Å².